The topological polar surface area (TPSA) is 54.3 Å². The number of hydrogen-bond donors (Lipinski definition) is 1. The van der Waals surface area contributed by atoms with E-state index in [-0.39, 0.29) is 12.7 Å². The minimum Gasteiger partial charge on any atom is -0.491 e. The van der Waals surface area contributed by atoms with E-state index < -0.39 is 6.10 Å². The number of aryl methyl sites for hydroxylation is 1. The molecule has 3 aromatic carbocycles. The van der Waals surface area contributed by atoms with Crippen molar-refractivity contribution in [3.05, 3.63) is 101 Å². The Morgan fingerprint density at radius 1 is 1.09 bits per heavy atom. The third kappa shape index (κ3) is 7.06. The summed E-state index contributed by atoms with van der Waals surface area (Å²) in [4.78, 5) is 7.93. The van der Waals surface area contributed by atoms with Gasteiger partial charge >= 0.3 is 0 Å². The van der Waals surface area contributed by atoms with Gasteiger partial charge in [-0.2, -0.15) is 0 Å². The molecule has 4 rings (SSSR count). The quantitative estimate of drug-likeness (QED) is 0.454. The van der Waals surface area contributed by atoms with Gasteiger partial charge in [-0.1, -0.05) is 76.9 Å². The Kier molecular flexibility index (Phi) is 8.00. The van der Waals surface area contributed by atoms with Crippen LogP contribution in [0.15, 0.2) is 84.0 Å². The Bertz CT molecular complexity index is 1060. The molecule has 0 radical (unpaired) electrons. The van der Waals surface area contributed by atoms with Crippen molar-refractivity contribution in [1.29, 1.82) is 0 Å². The van der Waals surface area contributed by atoms with E-state index in [2.05, 4.69) is 41.2 Å². The first-order valence-corrected chi connectivity index (χ1v) is 11.6. The van der Waals surface area contributed by atoms with Gasteiger partial charge < -0.3 is 14.7 Å². The van der Waals surface area contributed by atoms with Crippen molar-refractivity contribution in [3.8, 4) is 5.75 Å². The molecule has 0 aromatic heterocycles. The molecule has 172 valence electrons. The first-order chi connectivity index (χ1) is 16.0. The summed E-state index contributed by atoms with van der Waals surface area (Å²) in [6, 6.07) is 25.6. The fourth-order valence-corrected chi connectivity index (χ4v) is 4.10. The highest BCUT2D eigenvalue weighted by molar-refractivity contribution is 6.30. The van der Waals surface area contributed by atoms with E-state index in [4.69, 9.17) is 21.2 Å². The average Bonchev–Trinajstić information content (AvgIpc) is 3.27. The molecule has 2 atom stereocenters. The second-order valence-corrected chi connectivity index (χ2v) is 8.87. The SMILES string of the molecule is Cc1ccc(C2=NO[C@H](CN(Cc3cccc(Cl)c3)C[C@H](O)COc3ccccc3)C2)cc1. The van der Waals surface area contributed by atoms with E-state index in [0.717, 1.165) is 29.0 Å². The molecule has 0 fully saturated rings. The van der Waals surface area contributed by atoms with Crippen LogP contribution in [-0.2, 0) is 11.4 Å². The molecule has 0 unspecified atom stereocenters. The van der Waals surface area contributed by atoms with Crippen LogP contribution < -0.4 is 4.74 Å². The molecule has 33 heavy (non-hydrogen) atoms. The zero-order chi connectivity index (χ0) is 23.0. The molecule has 0 saturated heterocycles. The van der Waals surface area contributed by atoms with Gasteiger partial charge in [0.2, 0.25) is 0 Å². The van der Waals surface area contributed by atoms with Crippen LogP contribution in [0.5, 0.6) is 5.75 Å². The number of halogens is 1. The monoisotopic (exact) mass is 464 g/mol. The molecule has 6 heteroatoms. The number of oxime groups is 1. The van der Waals surface area contributed by atoms with Crippen LogP contribution in [0.2, 0.25) is 5.02 Å². The Labute approximate surface area is 200 Å². The minimum absolute atomic E-state index is 0.0808. The van der Waals surface area contributed by atoms with Gasteiger partial charge in [0.1, 0.15) is 24.6 Å². The Balaban J connectivity index is 1.37. The lowest BCUT2D eigenvalue weighted by molar-refractivity contribution is 0.0213. The second kappa shape index (κ2) is 11.3. The van der Waals surface area contributed by atoms with E-state index in [1.54, 1.807) is 0 Å². The van der Waals surface area contributed by atoms with Crippen molar-refractivity contribution in [2.45, 2.75) is 32.1 Å². The zero-order valence-corrected chi connectivity index (χ0v) is 19.5. The van der Waals surface area contributed by atoms with Gasteiger partial charge in [-0.15, -0.1) is 0 Å². The summed E-state index contributed by atoms with van der Waals surface area (Å²) in [6.07, 6.45) is -0.00265. The molecule has 0 saturated carbocycles. The molecule has 3 aromatic rings. The number of aliphatic hydroxyl groups excluding tert-OH is 1. The van der Waals surface area contributed by atoms with E-state index >= 15 is 0 Å². The maximum atomic E-state index is 10.7. The lowest BCUT2D eigenvalue weighted by atomic mass is 10.0. The molecule has 1 aliphatic heterocycles. The Hall–Kier alpha value is -2.86. The molecule has 0 bridgehead atoms. The van der Waals surface area contributed by atoms with E-state index in [1.165, 1.54) is 5.56 Å². The van der Waals surface area contributed by atoms with E-state index in [9.17, 15) is 5.11 Å². The van der Waals surface area contributed by atoms with Crippen LogP contribution >= 0.6 is 11.6 Å². The van der Waals surface area contributed by atoms with Gasteiger partial charge in [-0.3, -0.25) is 4.90 Å². The maximum absolute atomic E-state index is 10.7. The summed E-state index contributed by atoms with van der Waals surface area (Å²) in [6.45, 7) is 4.00. The summed E-state index contributed by atoms with van der Waals surface area (Å²) in [5.74, 6) is 0.744. The third-order valence-electron chi connectivity index (χ3n) is 5.53. The van der Waals surface area contributed by atoms with Crippen molar-refractivity contribution < 1.29 is 14.7 Å². The van der Waals surface area contributed by atoms with Crippen molar-refractivity contribution in [2.24, 2.45) is 5.16 Å². The summed E-state index contributed by atoms with van der Waals surface area (Å²) < 4.78 is 5.74. The molecule has 1 heterocycles. The predicted octanol–water partition coefficient (Wildman–Crippen LogP) is 5.08. The number of para-hydroxylation sites is 1. The zero-order valence-electron chi connectivity index (χ0n) is 18.7. The standard InChI is InChI=1S/C27H29ClN2O3/c1-20-10-12-22(13-11-20)27-15-26(33-29-27)18-30(16-21-6-5-7-23(28)14-21)17-24(31)19-32-25-8-3-2-4-9-25/h2-14,24,26,31H,15-19H2,1H3/t24-,26-/m0/s1. The summed E-state index contributed by atoms with van der Waals surface area (Å²) >= 11 is 6.19. The summed E-state index contributed by atoms with van der Waals surface area (Å²) in [5, 5.41) is 15.7. The average molecular weight is 465 g/mol. The van der Waals surface area contributed by atoms with Gasteiger partial charge in [0.05, 0.1) is 5.71 Å². The number of ether oxygens (including phenoxy) is 1. The first-order valence-electron chi connectivity index (χ1n) is 11.2. The third-order valence-corrected chi connectivity index (χ3v) is 5.76. The molecular formula is C27H29ClN2O3. The first kappa shape index (κ1) is 23.3. The van der Waals surface area contributed by atoms with Gasteiger partial charge in [0.25, 0.3) is 0 Å². The molecule has 1 aliphatic rings. The molecule has 0 amide bonds. The van der Waals surface area contributed by atoms with Gasteiger partial charge in [0.15, 0.2) is 0 Å². The lowest BCUT2D eigenvalue weighted by Gasteiger charge is -2.27. The number of rotatable bonds is 10. The van der Waals surface area contributed by atoms with Crippen molar-refractivity contribution in [2.75, 3.05) is 19.7 Å². The van der Waals surface area contributed by atoms with Crippen molar-refractivity contribution in [3.63, 3.8) is 0 Å². The fourth-order valence-electron chi connectivity index (χ4n) is 3.89. The van der Waals surface area contributed by atoms with E-state index in [1.807, 2.05) is 54.6 Å². The smallest absolute Gasteiger partial charge is 0.145 e. The minimum atomic E-state index is -0.650. The predicted molar refractivity (Wildman–Crippen MR) is 132 cm³/mol. The van der Waals surface area contributed by atoms with Gasteiger partial charge in [-0.25, -0.2) is 0 Å². The van der Waals surface area contributed by atoms with Crippen LogP contribution in [0.1, 0.15) is 23.1 Å². The number of benzene rings is 3. The van der Waals surface area contributed by atoms with Gasteiger partial charge in [-0.05, 0) is 42.3 Å². The molecule has 5 nitrogen and oxygen atoms in total. The molecule has 0 aliphatic carbocycles. The maximum Gasteiger partial charge on any atom is 0.145 e. The lowest BCUT2D eigenvalue weighted by Crippen LogP contribution is -2.39. The van der Waals surface area contributed by atoms with Crippen LogP contribution in [0.4, 0.5) is 0 Å². The molecular weight excluding hydrogens is 436 g/mol. The van der Waals surface area contributed by atoms with E-state index in [0.29, 0.717) is 24.7 Å². The second-order valence-electron chi connectivity index (χ2n) is 8.44. The summed E-state index contributed by atoms with van der Waals surface area (Å²) in [5.41, 5.74) is 4.34. The highest BCUT2D eigenvalue weighted by Gasteiger charge is 2.26. The number of hydrogen-bond acceptors (Lipinski definition) is 5. The largest absolute Gasteiger partial charge is 0.491 e. The number of aliphatic hydroxyl groups is 1. The van der Waals surface area contributed by atoms with Crippen molar-refractivity contribution in [1.82, 2.24) is 4.90 Å². The summed E-state index contributed by atoms with van der Waals surface area (Å²) in [7, 11) is 0. The van der Waals surface area contributed by atoms with Crippen LogP contribution in [-0.4, -0.2) is 47.6 Å². The van der Waals surface area contributed by atoms with Crippen LogP contribution in [0.25, 0.3) is 0 Å². The van der Waals surface area contributed by atoms with Gasteiger partial charge in [0, 0.05) is 31.1 Å². The normalized spacial score (nSPS) is 16.4. The molecule has 0 spiro atoms. The van der Waals surface area contributed by atoms with Crippen molar-refractivity contribution >= 4 is 17.3 Å². The Morgan fingerprint density at radius 3 is 2.64 bits per heavy atom. The van der Waals surface area contributed by atoms with Crippen LogP contribution in [0.3, 0.4) is 0 Å². The van der Waals surface area contributed by atoms with Crippen LogP contribution in [0, 0.1) is 6.92 Å². The molecule has 1 N–H and O–H groups in total. The Morgan fingerprint density at radius 2 is 1.88 bits per heavy atom. The highest BCUT2D eigenvalue weighted by atomic mass is 35.5. The highest BCUT2D eigenvalue weighted by Crippen LogP contribution is 2.20. The fraction of sp³-hybridized carbons (Fsp3) is 0.296. The number of nitrogens with zero attached hydrogens (tertiary/aromatic N) is 2.